The minimum absolute atomic E-state index is 0.0542. The Morgan fingerprint density at radius 3 is 2.95 bits per heavy atom. The van der Waals surface area contributed by atoms with Crippen molar-refractivity contribution < 1.29 is 9.90 Å². The zero-order chi connectivity index (χ0) is 13.8. The first-order valence-corrected chi connectivity index (χ1v) is 6.79. The summed E-state index contributed by atoms with van der Waals surface area (Å²) in [6, 6.07) is 3.58. The molecule has 0 bridgehead atoms. The van der Waals surface area contributed by atoms with Crippen LogP contribution in [0.2, 0.25) is 0 Å². The van der Waals surface area contributed by atoms with E-state index in [4.69, 9.17) is 0 Å². The lowest BCUT2D eigenvalue weighted by atomic mass is 9.95. The van der Waals surface area contributed by atoms with Crippen LogP contribution in [0, 0.1) is 5.92 Å². The second kappa shape index (κ2) is 6.02. The van der Waals surface area contributed by atoms with Gasteiger partial charge in [0.25, 0.3) is 5.91 Å². The van der Waals surface area contributed by atoms with Gasteiger partial charge in [-0.2, -0.15) is 0 Å². The number of carbonyl (C=O) groups excluding carboxylic acids is 1. The van der Waals surface area contributed by atoms with Gasteiger partial charge in [-0.3, -0.25) is 4.79 Å². The highest BCUT2D eigenvalue weighted by Gasteiger charge is 2.27. The lowest BCUT2D eigenvalue weighted by Crippen LogP contribution is -2.45. The summed E-state index contributed by atoms with van der Waals surface area (Å²) < 4.78 is 0. The van der Waals surface area contributed by atoms with Crippen LogP contribution < -0.4 is 5.32 Å². The molecule has 1 fully saturated rings. The molecule has 0 spiro atoms. The van der Waals surface area contributed by atoms with Gasteiger partial charge in [0.1, 0.15) is 5.82 Å². The van der Waals surface area contributed by atoms with Gasteiger partial charge < -0.3 is 15.3 Å². The molecule has 1 amide bonds. The minimum Gasteiger partial charge on any atom is -0.391 e. The summed E-state index contributed by atoms with van der Waals surface area (Å²) in [7, 11) is 0. The van der Waals surface area contributed by atoms with Crippen LogP contribution >= 0.6 is 0 Å². The zero-order valence-electron chi connectivity index (χ0n) is 11.5. The Labute approximate surface area is 113 Å². The van der Waals surface area contributed by atoms with E-state index in [0.29, 0.717) is 18.7 Å². The Hall–Kier alpha value is -1.62. The van der Waals surface area contributed by atoms with Crippen LogP contribution in [0.5, 0.6) is 0 Å². The van der Waals surface area contributed by atoms with Crippen LogP contribution in [-0.4, -0.2) is 46.6 Å². The number of nitrogens with zero attached hydrogens (tertiary/aromatic N) is 2. The Bertz CT molecular complexity index is 433. The summed E-state index contributed by atoms with van der Waals surface area (Å²) in [5.41, 5.74) is 0.573. The van der Waals surface area contributed by atoms with Gasteiger partial charge in [0.15, 0.2) is 0 Å². The maximum Gasteiger partial charge on any atom is 0.255 e. The third-order valence-electron chi connectivity index (χ3n) is 3.57. The molecular formula is C14H21N3O2. The molecule has 19 heavy (non-hydrogen) atoms. The fraction of sp³-hybridized carbons (Fsp3) is 0.571. The van der Waals surface area contributed by atoms with Gasteiger partial charge >= 0.3 is 0 Å². The number of hydrogen-bond acceptors (Lipinski definition) is 4. The van der Waals surface area contributed by atoms with E-state index < -0.39 is 6.10 Å². The predicted molar refractivity (Wildman–Crippen MR) is 74.1 cm³/mol. The first-order chi connectivity index (χ1) is 9.11. The quantitative estimate of drug-likeness (QED) is 0.864. The molecule has 0 saturated carbocycles. The SMILES string of the molecule is CCNc1ccc(C(=O)N2CCC(C)C(O)C2)cn1. The fourth-order valence-corrected chi connectivity index (χ4v) is 2.22. The molecule has 1 aromatic heterocycles. The number of piperidine rings is 1. The number of pyridine rings is 1. The van der Waals surface area contributed by atoms with Gasteiger partial charge in [0, 0.05) is 25.8 Å². The van der Waals surface area contributed by atoms with Crippen molar-refractivity contribution in [3.8, 4) is 0 Å². The predicted octanol–water partition coefficient (Wildman–Crippen LogP) is 1.36. The van der Waals surface area contributed by atoms with Gasteiger partial charge in [-0.1, -0.05) is 6.92 Å². The molecule has 1 saturated heterocycles. The van der Waals surface area contributed by atoms with Crippen molar-refractivity contribution in [3.63, 3.8) is 0 Å². The number of β-amino-alcohol motifs (C(OH)–C–C–N with tert-alkyl or cyclic N) is 1. The number of likely N-dealkylation sites (tertiary alicyclic amines) is 1. The molecule has 0 aromatic carbocycles. The summed E-state index contributed by atoms with van der Waals surface area (Å²) in [4.78, 5) is 18.2. The van der Waals surface area contributed by atoms with Crippen molar-refractivity contribution in [1.82, 2.24) is 9.88 Å². The van der Waals surface area contributed by atoms with E-state index in [1.165, 1.54) is 0 Å². The number of hydrogen-bond donors (Lipinski definition) is 2. The smallest absolute Gasteiger partial charge is 0.255 e. The van der Waals surface area contributed by atoms with Crippen molar-refractivity contribution >= 4 is 11.7 Å². The molecule has 1 aliphatic heterocycles. The normalized spacial score (nSPS) is 23.2. The molecule has 2 unspecified atom stereocenters. The molecule has 104 valence electrons. The fourth-order valence-electron chi connectivity index (χ4n) is 2.22. The van der Waals surface area contributed by atoms with Crippen LogP contribution in [0.15, 0.2) is 18.3 Å². The molecule has 5 nitrogen and oxygen atoms in total. The number of nitrogens with one attached hydrogen (secondary N) is 1. The summed E-state index contributed by atoms with van der Waals surface area (Å²) in [6.45, 7) is 5.92. The lowest BCUT2D eigenvalue weighted by molar-refractivity contribution is 0.0248. The van der Waals surface area contributed by atoms with Crippen molar-refractivity contribution in [2.45, 2.75) is 26.4 Å². The number of rotatable bonds is 3. The molecular weight excluding hydrogens is 242 g/mol. The number of aliphatic hydroxyl groups is 1. The Balaban J connectivity index is 2.03. The third-order valence-corrected chi connectivity index (χ3v) is 3.57. The van der Waals surface area contributed by atoms with Crippen LogP contribution in [0.25, 0.3) is 0 Å². The van der Waals surface area contributed by atoms with Gasteiger partial charge in [-0.15, -0.1) is 0 Å². The van der Waals surface area contributed by atoms with E-state index >= 15 is 0 Å². The van der Waals surface area contributed by atoms with Gasteiger partial charge in [0.05, 0.1) is 11.7 Å². The number of carbonyl (C=O) groups is 1. The average molecular weight is 263 g/mol. The summed E-state index contributed by atoms with van der Waals surface area (Å²) in [6.07, 6.45) is 2.01. The topological polar surface area (TPSA) is 65.5 Å². The number of anilines is 1. The maximum absolute atomic E-state index is 12.3. The second-order valence-electron chi connectivity index (χ2n) is 5.05. The van der Waals surface area contributed by atoms with Crippen molar-refractivity contribution in [3.05, 3.63) is 23.9 Å². The Kier molecular flexibility index (Phi) is 4.37. The molecule has 2 rings (SSSR count). The van der Waals surface area contributed by atoms with Gasteiger partial charge in [0.2, 0.25) is 0 Å². The van der Waals surface area contributed by atoms with Crippen LogP contribution in [0.4, 0.5) is 5.82 Å². The third kappa shape index (κ3) is 3.23. The van der Waals surface area contributed by atoms with E-state index in [2.05, 4.69) is 10.3 Å². The lowest BCUT2D eigenvalue weighted by Gasteiger charge is -2.34. The highest BCUT2D eigenvalue weighted by atomic mass is 16.3. The van der Waals surface area contributed by atoms with E-state index in [1.807, 2.05) is 13.8 Å². The standard InChI is InChI=1S/C14H21N3O2/c1-3-15-13-5-4-11(8-16-13)14(19)17-7-6-10(2)12(18)9-17/h4-5,8,10,12,18H,3,6-7,9H2,1-2H3,(H,15,16). The molecule has 0 aliphatic carbocycles. The summed E-state index contributed by atoms with van der Waals surface area (Å²) >= 11 is 0. The molecule has 2 heterocycles. The Morgan fingerprint density at radius 1 is 1.58 bits per heavy atom. The first-order valence-electron chi connectivity index (χ1n) is 6.79. The molecule has 1 aliphatic rings. The van der Waals surface area contributed by atoms with Gasteiger partial charge in [-0.25, -0.2) is 4.98 Å². The molecule has 0 radical (unpaired) electrons. The number of amides is 1. The molecule has 2 atom stereocenters. The summed E-state index contributed by atoms with van der Waals surface area (Å²) in [5, 5.41) is 12.9. The second-order valence-corrected chi connectivity index (χ2v) is 5.05. The minimum atomic E-state index is -0.424. The van der Waals surface area contributed by atoms with E-state index in [-0.39, 0.29) is 11.8 Å². The van der Waals surface area contributed by atoms with Gasteiger partial charge in [-0.05, 0) is 31.4 Å². The zero-order valence-corrected chi connectivity index (χ0v) is 11.5. The van der Waals surface area contributed by atoms with Crippen molar-refractivity contribution in [2.24, 2.45) is 5.92 Å². The van der Waals surface area contributed by atoms with Crippen molar-refractivity contribution in [1.29, 1.82) is 0 Å². The van der Waals surface area contributed by atoms with E-state index in [9.17, 15) is 9.90 Å². The van der Waals surface area contributed by atoms with E-state index in [1.54, 1.807) is 23.2 Å². The molecule has 2 N–H and O–H groups in total. The maximum atomic E-state index is 12.3. The number of aromatic nitrogens is 1. The number of aliphatic hydroxyl groups excluding tert-OH is 1. The van der Waals surface area contributed by atoms with Crippen LogP contribution in [0.1, 0.15) is 30.6 Å². The Morgan fingerprint density at radius 2 is 2.37 bits per heavy atom. The highest BCUT2D eigenvalue weighted by molar-refractivity contribution is 5.94. The molecule has 5 heteroatoms. The molecule has 1 aromatic rings. The monoisotopic (exact) mass is 263 g/mol. The van der Waals surface area contributed by atoms with Crippen LogP contribution in [0.3, 0.4) is 0 Å². The largest absolute Gasteiger partial charge is 0.391 e. The summed E-state index contributed by atoms with van der Waals surface area (Å²) in [5.74, 6) is 0.978. The first kappa shape index (κ1) is 13.8. The van der Waals surface area contributed by atoms with E-state index in [0.717, 1.165) is 18.8 Å². The van der Waals surface area contributed by atoms with Crippen LogP contribution in [-0.2, 0) is 0 Å². The highest BCUT2D eigenvalue weighted by Crippen LogP contribution is 2.19. The average Bonchev–Trinajstić information content (AvgIpc) is 2.42. The van der Waals surface area contributed by atoms with Crippen molar-refractivity contribution in [2.75, 3.05) is 25.0 Å².